The number of aromatic nitrogens is 1. The van der Waals surface area contributed by atoms with Crippen LogP contribution < -0.4 is 9.47 Å². The van der Waals surface area contributed by atoms with Crippen LogP contribution >= 0.6 is 0 Å². The quantitative estimate of drug-likeness (QED) is 0.896. The number of H-pyrrole nitrogens is 1. The smallest absolute Gasteiger partial charge is 0.130 e. The van der Waals surface area contributed by atoms with E-state index in [4.69, 9.17) is 9.47 Å². The van der Waals surface area contributed by atoms with Gasteiger partial charge in [-0.2, -0.15) is 0 Å². The van der Waals surface area contributed by atoms with Crippen LogP contribution in [0.15, 0.2) is 18.2 Å². The summed E-state index contributed by atoms with van der Waals surface area (Å²) < 4.78 is 10.7. The molecule has 0 fully saturated rings. The summed E-state index contributed by atoms with van der Waals surface area (Å²) in [5, 5.41) is 0. The second kappa shape index (κ2) is 4.77. The van der Waals surface area contributed by atoms with Crippen molar-refractivity contribution in [3.05, 3.63) is 35.2 Å². The molecule has 1 aromatic carbocycles. The van der Waals surface area contributed by atoms with Gasteiger partial charge in [-0.3, -0.25) is 0 Å². The van der Waals surface area contributed by atoms with Crippen LogP contribution in [0.25, 0.3) is 11.1 Å². The van der Waals surface area contributed by atoms with E-state index < -0.39 is 0 Å². The van der Waals surface area contributed by atoms with E-state index in [0.717, 1.165) is 22.8 Å². The molecule has 0 saturated heterocycles. The molecular formula is C15H19NO2. The van der Waals surface area contributed by atoms with E-state index in [1.165, 1.54) is 16.8 Å². The first-order valence-corrected chi connectivity index (χ1v) is 5.96. The highest BCUT2D eigenvalue weighted by atomic mass is 16.5. The molecule has 3 heteroatoms. The summed E-state index contributed by atoms with van der Waals surface area (Å²) in [7, 11) is 3.34. The van der Waals surface area contributed by atoms with Crippen molar-refractivity contribution >= 4 is 0 Å². The van der Waals surface area contributed by atoms with E-state index in [-0.39, 0.29) is 0 Å². The first kappa shape index (κ1) is 12.6. The first-order chi connectivity index (χ1) is 8.58. The Balaban J connectivity index is 2.63. The molecule has 1 heterocycles. The van der Waals surface area contributed by atoms with Crippen LogP contribution in [0.3, 0.4) is 0 Å². The number of benzene rings is 1. The van der Waals surface area contributed by atoms with Crippen molar-refractivity contribution < 1.29 is 9.47 Å². The van der Waals surface area contributed by atoms with E-state index >= 15 is 0 Å². The minimum Gasteiger partial charge on any atom is -0.497 e. The van der Waals surface area contributed by atoms with E-state index in [0.29, 0.717) is 0 Å². The summed E-state index contributed by atoms with van der Waals surface area (Å²) in [6, 6.07) is 5.91. The zero-order chi connectivity index (χ0) is 13.3. The average molecular weight is 245 g/mol. The number of rotatable bonds is 3. The molecule has 0 aliphatic rings. The van der Waals surface area contributed by atoms with Gasteiger partial charge in [0.2, 0.25) is 0 Å². The lowest BCUT2D eigenvalue weighted by Crippen LogP contribution is -1.91. The van der Waals surface area contributed by atoms with Crippen molar-refractivity contribution in [2.75, 3.05) is 14.2 Å². The van der Waals surface area contributed by atoms with Gasteiger partial charge in [-0.1, -0.05) is 0 Å². The second-order valence-electron chi connectivity index (χ2n) is 4.44. The molecule has 0 aliphatic heterocycles. The van der Waals surface area contributed by atoms with Crippen molar-refractivity contribution in [1.29, 1.82) is 0 Å². The maximum atomic E-state index is 5.47. The van der Waals surface area contributed by atoms with Crippen molar-refractivity contribution in [1.82, 2.24) is 4.98 Å². The molecule has 0 unspecified atom stereocenters. The molecule has 0 amide bonds. The number of hydrogen-bond acceptors (Lipinski definition) is 2. The Kier molecular flexibility index (Phi) is 3.32. The largest absolute Gasteiger partial charge is 0.497 e. The lowest BCUT2D eigenvalue weighted by atomic mass is 10.0. The van der Waals surface area contributed by atoms with E-state index in [1.807, 2.05) is 18.2 Å². The topological polar surface area (TPSA) is 34.2 Å². The predicted octanol–water partition coefficient (Wildman–Crippen LogP) is 3.62. The van der Waals surface area contributed by atoms with Crippen LogP contribution in [0, 0.1) is 20.8 Å². The Labute approximate surface area is 108 Å². The SMILES string of the molecule is COc1ccc(-c2c(C)[nH]c(C)c2C)c(OC)c1. The first-order valence-electron chi connectivity index (χ1n) is 5.96. The number of hydrogen-bond donors (Lipinski definition) is 1. The van der Waals surface area contributed by atoms with Crippen molar-refractivity contribution in [3.8, 4) is 22.6 Å². The molecule has 1 aromatic heterocycles. The van der Waals surface area contributed by atoms with E-state index in [9.17, 15) is 0 Å². The van der Waals surface area contributed by atoms with E-state index in [2.05, 4.69) is 25.8 Å². The third kappa shape index (κ3) is 1.96. The minimum absolute atomic E-state index is 0.804. The lowest BCUT2D eigenvalue weighted by Gasteiger charge is -2.11. The van der Waals surface area contributed by atoms with E-state index in [1.54, 1.807) is 14.2 Å². The van der Waals surface area contributed by atoms with Crippen LogP contribution in [-0.2, 0) is 0 Å². The molecule has 0 atom stereocenters. The molecule has 18 heavy (non-hydrogen) atoms. The van der Waals surface area contributed by atoms with Gasteiger partial charge < -0.3 is 14.5 Å². The number of aromatic amines is 1. The number of aryl methyl sites for hydroxylation is 2. The molecule has 3 nitrogen and oxygen atoms in total. The summed E-state index contributed by atoms with van der Waals surface area (Å²) in [6.07, 6.45) is 0. The summed E-state index contributed by atoms with van der Waals surface area (Å²) >= 11 is 0. The Morgan fingerprint density at radius 3 is 2.17 bits per heavy atom. The maximum Gasteiger partial charge on any atom is 0.130 e. The molecule has 0 aliphatic carbocycles. The van der Waals surface area contributed by atoms with Gasteiger partial charge in [0.05, 0.1) is 14.2 Å². The fourth-order valence-corrected chi connectivity index (χ4v) is 2.32. The molecule has 0 bridgehead atoms. The summed E-state index contributed by atoms with van der Waals surface area (Å²) in [5.41, 5.74) is 5.93. The van der Waals surface area contributed by atoms with Gasteiger partial charge in [0, 0.05) is 28.6 Å². The zero-order valence-electron chi connectivity index (χ0n) is 11.5. The highest BCUT2D eigenvalue weighted by molar-refractivity contribution is 5.77. The monoisotopic (exact) mass is 245 g/mol. The summed E-state index contributed by atoms with van der Waals surface area (Å²) in [6.45, 7) is 6.29. The Morgan fingerprint density at radius 1 is 0.944 bits per heavy atom. The van der Waals surface area contributed by atoms with Crippen LogP contribution in [0.2, 0.25) is 0 Å². The molecule has 96 valence electrons. The van der Waals surface area contributed by atoms with Crippen molar-refractivity contribution in [2.45, 2.75) is 20.8 Å². The van der Waals surface area contributed by atoms with Crippen LogP contribution in [-0.4, -0.2) is 19.2 Å². The third-order valence-electron chi connectivity index (χ3n) is 3.37. The molecule has 0 radical (unpaired) electrons. The molecule has 0 saturated carbocycles. The maximum absolute atomic E-state index is 5.47. The highest BCUT2D eigenvalue weighted by Gasteiger charge is 2.15. The lowest BCUT2D eigenvalue weighted by molar-refractivity contribution is 0.395. The zero-order valence-corrected chi connectivity index (χ0v) is 11.5. The average Bonchev–Trinajstić information content (AvgIpc) is 2.62. The number of methoxy groups -OCH3 is 2. The van der Waals surface area contributed by atoms with Gasteiger partial charge in [-0.05, 0) is 38.5 Å². The van der Waals surface area contributed by atoms with Gasteiger partial charge in [0.25, 0.3) is 0 Å². The summed E-state index contributed by atoms with van der Waals surface area (Å²) in [4.78, 5) is 3.37. The fraction of sp³-hybridized carbons (Fsp3) is 0.333. The molecule has 2 aromatic rings. The molecule has 1 N–H and O–H groups in total. The molecular weight excluding hydrogens is 226 g/mol. The van der Waals surface area contributed by atoms with Crippen LogP contribution in [0.1, 0.15) is 17.0 Å². The molecule has 2 rings (SSSR count). The predicted molar refractivity (Wildman–Crippen MR) is 73.5 cm³/mol. The second-order valence-corrected chi connectivity index (χ2v) is 4.44. The number of ether oxygens (including phenoxy) is 2. The Bertz CT molecular complexity index is 570. The fourth-order valence-electron chi connectivity index (χ4n) is 2.32. The Hall–Kier alpha value is -1.90. The van der Waals surface area contributed by atoms with Gasteiger partial charge in [0.1, 0.15) is 11.5 Å². The van der Waals surface area contributed by atoms with Gasteiger partial charge in [-0.25, -0.2) is 0 Å². The van der Waals surface area contributed by atoms with Gasteiger partial charge >= 0.3 is 0 Å². The number of nitrogens with one attached hydrogen (secondary N) is 1. The van der Waals surface area contributed by atoms with Crippen molar-refractivity contribution in [3.63, 3.8) is 0 Å². The van der Waals surface area contributed by atoms with Crippen LogP contribution in [0.4, 0.5) is 0 Å². The highest BCUT2D eigenvalue weighted by Crippen LogP contribution is 2.37. The molecule has 0 spiro atoms. The van der Waals surface area contributed by atoms with Gasteiger partial charge in [-0.15, -0.1) is 0 Å². The van der Waals surface area contributed by atoms with Gasteiger partial charge in [0.15, 0.2) is 0 Å². The Morgan fingerprint density at radius 2 is 1.67 bits per heavy atom. The summed E-state index contributed by atoms with van der Waals surface area (Å²) in [5.74, 6) is 1.64. The van der Waals surface area contributed by atoms with Crippen LogP contribution in [0.5, 0.6) is 11.5 Å². The normalized spacial score (nSPS) is 10.5. The standard InChI is InChI=1S/C15H19NO2/c1-9-10(2)16-11(3)15(9)13-7-6-12(17-4)8-14(13)18-5/h6-8,16H,1-5H3. The minimum atomic E-state index is 0.804. The van der Waals surface area contributed by atoms with Crippen molar-refractivity contribution in [2.24, 2.45) is 0 Å². The third-order valence-corrected chi connectivity index (χ3v) is 3.37.